The Morgan fingerprint density at radius 3 is 1.01 bits per heavy atom. The van der Waals surface area contributed by atoms with Crippen LogP contribution in [0.5, 0.6) is 23.0 Å². The molecular formula is C62H47Cl4N2O3Sb. The number of fused-ring (bicyclic) bond motifs is 1. The van der Waals surface area contributed by atoms with Gasteiger partial charge in [-0.2, -0.15) is 0 Å². The van der Waals surface area contributed by atoms with Crippen LogP contribution in [0.3, 0.4) is 0 Å². The van der Waals surface area contributed by atoms with E-state index in [1.807, 2.05) is 12.1 Å². The SMILES string of the molecule is CC(C)(C)c1ccc(N2c3cc(-c4ccccc4)cc4[c]3[Sb]35([O]c6c(Cl)c(Cl)c(Cl)c(Cl)c6[O]3)[c]3c(cc(-c6ccccc6)cc3N(c3ccc(C(C)(C)C)cc3)c3cc(-c6ccccc6)cc2[c]35)O4)cc1. The summed E-state index contributed by atoms with van der Waals surface area (Å²) in [6, 6.07) is 62.6. The van der Waals surface area contributed by atoms with Gasteiger partial charge in [-0.25, -0.2) is 0 Å². The first-order valence-electron chi connectivity index (χ1n) is 24.0. The van der Waals surface area contributed by atoms with Gasteiger partial charge in [0.2, 0.25) is 0 Å². The Kier molecular flexibility index (Phi) is 10.2. The summed E-state index contributed by atoms with van der Waals surface area (Å²) in [5.74, 6) is 1.72. The van der Waals surface area contributed by atoms with E-state index in [1.54, 1.807) is 0 Å². The van der Waals surface area contributed by atoms with Crippen LogP contribution >= 0.6 is 46.4 Å². The van der Waals surface area contributed by atoms with Crippen molar-refractivity contribution in [1.29, 1.82) is 0 Å². The molecular weight excluding hydrogens is 1080 g/mol. The summed E-state index contributed by atoms with van der Waals surface area (Å²) in [5.41, 5.74) is 13.6. The Morgan fingerprint density at radius 1 is 0.361 bits per heavy atom. The van der Waals surface area contributed by atoms with Crippen LogP contribution in [0, 0.1) is 0 Å². The summed E-state index contributed by atoms with van der Waals surface area (Å²) in [6.07, 6.45) is 0. The number of anilines is 6. The summed E-state index contributed by atoms with van der Waals surface area (Å²) in [7, 11) is 0. The van der Waals surface area contributed by atoms with E-state index in [-0.39, 0.29) is 42.4 Å². The molecule has 0 aromatic heterocycles. The normalized spacial score (nSPS) is 15.7. The fraction of sp³-hybridized carbons (Fsp3) is 0.129. The van der Waals surface area contributed by atoms with E-state index < -0.39 is 18.2 Å². The van der Waals surface area contributed by atoms with Crippen molar-refractivity contribution in [2.75, 3.05) is 9.80 Å². The summed E-state index contributed by atoms with van der Waals surface area (Å²) in [5, 5.41) is 0.427. The molecule has 0 aliphatic carbocycles. The van der Waals surface area contributed by atoms with Crippen LogP contribution in [0.25, 0.3) is 33.4 Å². The summed E-state index contributed by atoms with van der Waals surface area (Å²) >= 11 is 22.5. The fourth-order valence-electron chi connectivity index (χ4n) is 11.1. The van der Waals surface area contributed by atoms with Crippen molar-refractivity contribution in [1.82, 2.24) is 0 Å². The van der Waals surface area contributed by atoms with Crippen LogP contribution in [-0.4, -0.2) is 18.2 Å². The second-order valence-corrected chi connectivity index (χ2v) is 32.9. The predicted octanol–water partition coefficient (Wildman–Crippen LogP) is 17.5. The van der Waals surface area contributed by atoms with Gasteiger partial charge in [-0.3, -0.25) is 0 Å². The van der Waals surface area contributed by atoms with E-state index in [4.69, 9.17) is 57.2 Å². The van der Waals surface area contributed by atoms with E-state index >= 15 is 0 Å². The van der Waals surface area contributed by atoms with Gasteiger partial charge in [-0.15, -0.1) is 0 Å². The molecule has 72 heavy (non-hydrogen) atoms. The Morgan fingerprint density at radius 2 is 0.681 bits per heavy atom. The third-order valence-corrected chi connectivity index (χ3v) is 30.2. The van der Waals surface area contributed by atoms with Crippen molar-refractivity contribution in [2.24, 2.45) is 0 Å². The summed E-state index contributed by atoms with van der Waals surface area (Å²) in [4.78, 5) is 4.75. The number of halogens is 4. The van der Waals surface area contributed by atoms with E-state index in [2.05, 4.69) is 215 Å². The average Bonchev–Trinajstić information content (AvgIpc) is 3.74. The van der Waals surface area contributed by atoms with Crippen molar-refractivity contribution in [3.8, 4) is 56.4 Å². The van der Waals surface area contributed by atoms with Crippen LogP contribution in [0.1, 0.15) is 52.7 Å². The van der Waals surface area contributed by atoms with Crippen LogP contribution in [0.15, 0.2) is 176 Å². The number of benzene rings is 9. The van der Waals surface area contributed by atoms with Gasteiger partial charge < -0.3 is 0 Å². The third-order valence-electron chi connectivity index (χ3n) is 14.6. The molecule has 1 spiro atoms. The van der Waals surface area contributed by atoms with Gasteiger partial charge in [0, 0.05) is 0 Å². The van der Waals surface area contributed by atoms with Crippen molar-refractivity contribution < 1.29 is 10.8 Å². The van der Waals surface area contributed by atoms with Gasteiger partial charge in [0.05, 0.1) is 0 Å². The molecule has 356 valence electrons. The molecule has 4 aliphatic heterocycles. The number of hydrogen-bond donors (Lipinski definition) is 0. The molecule has 0 N–H and O–H groups in total. The molecule has 0 radical (unpaired) electrons. The van der Waals surface area contributed by atoms with Gasteiger partial charge in [0.25, 0.3) is 0 Å². The van der Waals surface area contributed by atoms with Crippen LogP contribution < -0.4 is 31.1 Å². The van der Waals surface area contributed by atoms with Crippen LogP contribution in [-0.2, 0) is 10.8 Å². The first kappa shape index (κ1) is 45.8. The molecule has 0 amide bonds. The molecule has 4 aliphatic rings. The standard InChI is InChI=1S/C56H47N2O.C6H2Cl4O2.Sb/c1-55(2,3)45-22-26-47(27-23-45)57-49-30-42(39-16-10-7-11-17-39)31-50(36-49)58(48-28-24-46(25-29-48)56(4,5)6)52-33-44(41-20-14-9-15-21-41)35-54(38-52)59-53-34-43(32-51(57)37-53)40-18-12-8-13-19-40;7-1-2(8)4(10)6(12)5(11)3(1)9;/h7-35H,1-6H3;11-12H;/q;;+2/p-2. The zero-order valence-electron chi connectivity index (χ0n) is 40.3. The average molecular weight is 1130 g/mol. The number of ether oxygens (including phenoxy) is 1. The van der Waals surface area contributed by atoms with Gasteiger partial charge >= 0.3 is 446 Å². The minimum atomic E-state index is -6.41. The van der Waals surface area contributed by atoms with Gasteiger partial charge in [-0.05, 0) is 0 Å². The third kappa shape index (κ3) is 6.47. The molecule has 0 saturated heterocycles. The molecule has 0 unspecified atom stereocenters. The zero-order valence-corrected chi connectivity index (χ0v) is 45.9. The zero-order chi connectivity index (χ0) is 49.7. The van der Waals surface area contributed by atoms with Crippen LogP contribution in [0.2, 0.25) is 20.1 Å². The first-order chi connectivity index (χ1) is 34.5. The molecule has 0 fully saturated rings. The number of hydrogen-bond acceptors (Lipinski definition) is 5. The molecule has 4 heterocycles. The van der Waals surface area contributed by atoms with Crippen molar-refractivity contribution in [3.63, 3.8) is 0 Å². The summed E-state index contributed by atoms with van der Waals surface area (Å²) in [6.45, 7) is 13.4. The van der Waals surface area contributed by atoms with E-state index in [9.17, 15) is 0 Å². The molecule has 9 aromatic rings. The quantitative estimate of drug-likeness (QED) is 0.0975. The molecule has 10 heteroatoms. The number of nitrogens with zero attached hydrogens (tertiary/aromatic N) is 2. The second kappa shape index (κ2) is 16.0. The topological polar surface area (TPSA) is 34.2 Å². The van der Waals surface area contributed by atoms with Crippen molar-refractivity contribution in [2.45, 2.75) is 52.4 Å². The molecule has 9 aromatic carbocycles. The van der Waals surface area contributed by atoms with Crippen molar-refractivity contribution in [3.05, 3.63) is 207 Å². The fourth-order valence-corrected chi connectivity index (χ4v) is 28.5. The maximum absolute atomic E-state index is 8.17. The Labute approximate surface area is 442 Å². The predicted molar refractivity (Wildman–Crippen MR) is 302 cm³/mol. The number of rotatable bonds is 5. The molecule has 13 rings (SSSR count). The van der Waals surface area contributed by atoms with Gasteiger partial charge in [0.1, 0.15) is 0 Å². The van der Waals surface area contributed by atoms with E-state index in [0.29, 0.717) is 11.5 Å². The maximum atomic E-state index is 8.17. The van der Waals surface area contributed by atoms with Crippen molar-refractivity contribution >= 4 is 109 Å². The Balaban J connectivity index is 1.26. The molecule has 0 saturated carbocycles. The summed E-state index contributed by atoms with van der Waals surface area (Å²) < 4.78 is 26.4. The van der Waals surface area contributed by atoms with Gasteiger partial charge in [0.15, 0.2) is 0 Å². The minimum absolute atomic E-state index is 0.0860. The Bertz CT molecular complexity index is 3520. The Hall–Kier alpha value is -6.04. The van der Waals surface area contributed by atoms with Crippen LogP contribution in [0.4, 0.5) is 34.1 Å². The molecule has 5 nitrogen and oxygen atoms in total. The molecule has 0 atom stereocenters. The van der Waals surface area contributed by atoms with E-state index in [0.717, 1.165) is 78.0 Å². The monoisotopic (exact) mass is 1130 g/mol. The van der Waals surface area contributed by atoms with Gasteiger partial charge in [-0.1, -0.05) is 0 Å². The van der Waals surface area contributed by atoms with E-state index in [1.165, 1.54) is 11.1 Å². The first-order valence-corrected chi connectivity index (χ1v) is 31.5. The second-order valence-electron chi connectivity index (χ2n) is 21.1. The molecule has 0 bridgehead atoms.